The van der Waals surface area contributed by atoms with Gasteiger partial charge in [0.05, 0.1) is 0 Å². The second-order valence-electron chi connectivity index (χ2n) is 5.78. The molecule has 30 heavy (non-hydrogen) atoms. The topological polar surface area (TPSA) is 12.9 Å². The van der Waals surface area contributed by atoms with E-state index >= 15 is 0 Å². The summed E-state index contributed by atoms with van der Waals surface area (Å²) in [7, 11) is 0. The first-order valence-corrected chi connectivity index (χ1v) is 6.66. The first kappa shape index (κ1) is 24.2. The molecule has 0 radical (unpaired) electrons. The Bertz CT molecular complexity index is 852. The number of alkyl halides is 14. The fourth-order valence-electron chi connectivity index (χ4n) is 2.53. The Morgan fingerprint density at radius 1 is 0.533 bits per heavy atom. The van der Waals surface area contributed by atoms with Crippen LogP contribution >= 0.6 is 0 Å². The van der Waals surface area contributed by atoms with Crippen molar-refractivity contribution in [3.05, 3.63) is 28.8 Å². The van der Waals surface area contributed by atoms with Crippen molar-refractivity contribution in [3.63, 3.8) is 0 Å². The van der Waals surface area contributed by atoms with Crippen molar-refractivity contribution in [2.24, 2.45) is 0 Å². The normalized spacial score (nSPS) is 25.8. The Morgan fingerprint density at radius 3 is 1.20 bits per heavy atom. The van der Waals surface area contributed by atoms with E-state index in [0.717, 1.165) is 0 Å². The maximum Gasteiger partial charge on any atom is 0.421 e. The van der Waals surface area contributed by atoms with Crippen LogP contribution in [-0.4, -0.2) is 34.6 Å². The summed E-state index contributed by atoms with van der Waals surface area (Å²) in [5.41, 5.74) is -15.9. The monoisotopic (exact) mass is 481 g/mol. The van der Waals surface area contributed by atoms with E-state index in [-0.39, 0.29) is 0 Å². The number of halogens is 17. The minimum Gasteiger partial charge on any atom is -0.223 e. The van der Waals surface area contributed by atoms with Gasteiger partial charge in [-0.25, -0.2) is 13.8 Å². The second kappa shape index (κ2) is 5.80. The van der Waals surface area contributed by atoms with Crippen molar-refractivity contribution in [2.45, 2.75) is 41.5 Å². The quantitative estimate of drug-likeness (QED) is 0.361. The summed E-state index contributed by atoms with van der Waals surface area (Å²) in [6.45, 7) is 0. The molecule has 0 saturated heterocycles. The van der Waals surface area contributed by atoms with Crippen molar-refractivity contribution < 1.29 is 74.6 Å². The van der Waals surface area contributed by atoms with E-state index in [4.69, 9.17) is 0 Å². The number of hydrogen-bond donors (Lipinski definition) is 0. The van der Waals surface area contributed by atoms with Crippen LogP contribution < -0.4 is 0 Å². The fourth-order valence-corrected chi connectivity index (χ4v) is 2.53. The molecule has 1 aliphatic rings. The van der Waals surface area contributed by atoms with Crippen LogP contribution in [0, 0.1) is 17.6 Å². The lowest BCUT2D eigenvalue weighted by Gasteiger charge is -2.52. The van der Waals surface area contributed by atoms with Gasteiger partial charge >= 0.3 is 35.8 Å². The molecule has 1 fully saturated rings. The Labute approximate surface area is 151 Å². The first-order chi connectivity index (χ1) is 13.0. The zero-order chi connectivity index (χ0) is 24.1. The van der Waals surface area contributed by atoms with Crippen LogP contribution in [0.4, 0.5) is 74.6 Å². The highest BCUT2D eigenvalue weighted by molar-refractivity contribution is 5.40. The van der Waals surface area contributed by atoms with Crippen molar-refractivity contribution in [1.29, 1.82) is 0 Å². The van der Waals surface area contributed by atoms with Gasteiger partial charge < -0.3 is 0 Å². The lowest BCUT2D eigenvalue weighted by Crippen LogP contribution is -2.82. The molecule has 1 saturated carbocycles. The number of hydrogen-bond acceptors (Lipinski definition) is 1. The molecule has 1 aromatic rings. The van der Waals surface area contributed by atoms with Gasteiger partial charge in [0.25, 0.3) is 11.6 Å². The van der Waals surface area contributed by atoms with Crippen molar-refractivity contribution in [3.8, 4) is 0 Å². The van der Waals surface area contributed by atoms with Crippen LogP contribution in [0.15, 0.2) is 0 Å². The molecule has 1 aliphatic carbocycles. The maximum absolute atomic E-state index is 14.7. The molecule has 1 aromatic heterocycles. The van der Waals surface area contributed by atoms with Crippen molar-refractivity contribution >= 4 is 0 Å². The third-order valence-electron chi connectivity index (χ3n) is 4.09. The van der Waals surface area contributed by atoms with Gasteiger partial charge in [-0.3, -0.25) is 0 Å². The van der Waals surface area contributed by atoms with Gasteiger partial charge in [-0.2, -0.15) is 65.9 Å². The van der Waals surface area contributed by atoms with Gasteiger partial charge in [0.15, 0.2) is 5.82 Å². The molecule has 0 atom stereocenters. The molecule has 0 unspecified atom stereocenters. The lowest BCUT2D eigenvalue weighted by atomic mass is 9.69. The van der Waals surface area contributed by atoms with Crippen LogP contribution in [0.3, 0.4) is 0 Å². The minimum absolute atomic E-state index is 1.22. The molecule has 0 amide bonds. The third kappa shape index (κ3) is 2.29. The summed E-state index contributed by atoms with van der Waals surface area (Å²) in [6.07, 6.45) is -6.82. The average Bonchev–Trinajstić information content (AvgIpc) is 2.55. The third-order valence-corrected chi connectivity index (χ3v) is 4.09. The molecular weight excluding hydrogens is 481 g/mol. The highest BCUT2D eigenvalue weighted by Crippen LogP contribution is 2.72. The highest BCUT2D eigenvalue weighted by Gasteiger charge is 3.02. The van der Waals surface area contributed by atoms with Gasteiger partial charge in [-0.15, -0.1) is 0 Å². The largest absolute Gasteiger partial charge is 0.421 e. The van der Waals surface area contributed by atoms with E-state index in [1.165, 1.54) is 4.98 Å². The molecule has 0 spiro atoms. The number of aromatic nitrogens is 1. The summed E-state index contributed by atoms with van der Waals surface area (Å²) < 4.78 is 228. The Morgan fingerprint density at radius 2 is 0.867 bits per heavy atom. The molecule has 0 N–H and O–H groups in total. The molecular formula is C12F17N. The van der Waals surface area contributed by atoms with E-state index < -0.39 is 70.3 Å². The molecule has 0 bridgehead atoms. The molecule has 1 nitrogen and oxygen atoms in total. The van der Waals surface area contributed by atoms with Gasteiger partial charge in [-0.1, -0.05) is 0 Å². The molecule has 18 heteroatoms. The summed E-state index contributed by atoms with van der Waals surface area (Å²) in [5, 5.41) is 0. The lowest BCUT2D eigenvalue weighted by molar-refractivity contribution is -0.490. The summed E-state index contributed by atoms with van der Waals surface area (Å²) in [4.78, 5) is 1.22. The summed E-state index contributed by atoms with van der Waals surface area (Å²) in [6, 6.07) is 0. The SMILES string of the molecule is Fc1nc(C2(F)C(F)(F)C(F)(F)C(F)(F)C(F)(F)C2(F)F)c(C(F)(F)F)c(F)c1F. The number of rotatable bonds is 1. The van der Waals surface area contributed by atoms with E-state index in [2.05, 4.69) is 0 Å². The standard InChI is InChI=1S/C12F17N/c13-2-1(7(17,18)19)4(30-5(15)3(2)14)6(16)8(20,21)10(24,25)12(28,29)11(26,27)9(6,22)23. The van der Waals surface area contributed by atoms with Crippen LogP contribution in [0.5, 0.6) is 0 Å². The van der Waals surface area contributed by atoms with Crippen LogP contribution in [-0.2, 0) is 11.8 Å². The van der Waals surface area contributed by atoms with E-state index in [1.807, 2.05) is 0 Å². The van der Waals surface area contributed by atoms with Crippen molar-refractivity contribution in [2.75, 3.05) is 0 Å². The summed E-state index contributed by atoms with van der Waals surface area (Å²) in [5.74, 6) is -50.0. The number of pyridine rings is 1. The smallest absolute Gasteiger partial charge is 0.223 e. The van der Waals surface area contributed by atoms with Gasteiger partial charge in [0, 0.05) is 0 Å². The summed E-state index contributed by atoms with van der Waals surface area (Å²) >= 11 is 0. The van der Waals surface area contributed by atoms with Gasteiger partial charge in [-0.05, 0) is 0 Å². The Balaban J connectivity index is 3.17. The van der Waals surface area contributed by atoms with Crippen LogP contribution in [0.2, 0.25) is 0 Å². The fraction of sp³-hybridized carbons (Fsp3) is 0.583. The Kier molecular flexibility index (Phi) is 4.69. The molecule has 1 heterocycles. The van der Waals surface area contributed by atoms with E-state index in [9.17, 15) is 74.6 Å². The average molecular weight is 481 g/mol. The zero-order valence-electron chi connectivity index (χ0n) is 12.9. The molecule has 172 valence electrons. The predicted octanol–water partition coefficient (Wildman–Crippen LogP) is 5.87. The van der Waals surface area contributed by atoms with E-state index in [1.54, 1.807) is 0 Å². The van der Waals surface area contributed by atoms with Gasteiger partial charge in [0.1, 0.15) is 11.3 Å². The zero-order valence-corrected chi connectivity index (χ0v) is 12.9. The first-order valence-electron chi connectivity index (χ1n) is 6.66. The Hall–Kier alpha value is -2.04. The van der Waals surface area contributed by atoms with Crippen LogP contribution in [0.25, 0.3) is 0 Å². The number of nitrogens with zero attached hydrogens (tertiary/aromatic N) is 1. The van der Waals surface area contributed by atoms with E-state index in [0.29, 0.717) is 0 Å². The molecule has 0 aliphatic heterocycles. The second-order valence-corrected chi connectivity index (χ2v) is 5.78. The van der Waals surface area contributed by atoms with Crippen LogP contribution in [0.1, 0.15) is 11.3 Å². The highest BCUT2D eigenvalue weighted by atomic mass is 19.4. The maximum atomic E-state index is 14.7. The van der Waals surface area contributed by atoms with Gasteiger partial charge in [0.2, 0.25) is 5.82 Å². The molecule has 0 aromatic carbocycles. The van der Waals surface area contributed by atoms with Crippen molar-refractivity contribution in [1.82, 2.24) is 4.98 Å². The predicted molar refractivity (Wildman–Crippen MR) is 56.6 cm³/mol. The molecule has 2 rings (SSSR count). The minimum atomic E-state index is -7.90.